The predicted octanol–water partition coefficient (Wildman–Crippen LogP) is 2.85. The second kappa shape index (κ2) is 7.57. The van der Waals surface area contributed by atoms with E-state index in [1.54, 1.807) is 12.1 Å². The maximum Gasteiger partial charge on any atom is 0.255 e. The SMILES string of the molecule is NCC(NC(=O)c1cn[nH]c1-c1ccc(F)cc1)C1CCCCC1. The van der Waals surface area contributed by atoms with Crippen LogP contribution in [-0.4, -0.2) is 28.7 Å². The van der Waals surface area contributed by atoms with E-state index in [0.29, 0.717) is 23.7 Å². The molecule has 6 heteroatoms. The molecule has 24 heavy (non-hydrogen) atoms. The molecule has 1 amide bonds. The van der Waals surface area contributed by atoms with Crippen molar-refractivity contribution in [2.24, 2.45) is 11.7 Å². The molecule has 0 saturated heterocycles. The molecule has 0 spiro atoms. The molecule has 0 radical (unpaired) electrons. The van der Waals surface area contributed by atoms with Crippen molar-refractivity contribution in [3.8, 4) is 11.3 Å². The number of hydrogen-bond donors (Lipinski definition) is 3. The Bertz CT molecular complexity index is 677. The number of amides is 1. The lowest BCUT2D eigenvalue weighted by Crippen LogP contribution is -2.45. The molecule has 1 aromatic carbocycles. The number of halogens is 1. The smallest absolute Gasteiger partial charge is 0.255 e. The van der Waals surface area contributed by atoms with Crippen LogP contribution >= 0.6 is 0 Å². The van der Waals surface area contributed by atoms with Crippen LogP contribution < -0.4 is 11.1 Å². The molecule has 1 fully saturated rings. The lowest BCUT2D eigenvalue weighted by Gasteiger charge is -2.30. The summed E-state index contributed by atoms with van der Waals surface area (Å²) in [7, 11) is 0. The highest BCUT2D eigenvalue weighted by molar-refractivity contribution is 5.99. The Morgan fingerprint density at radius 1 is 1.29 bits per heavy atom. The van der Waals surface area contributed by atoms with Gasteiger partial charge in [0.05, 0.1) is 17.5 Å². The zero-order valence-corrected chi connectivity index (χ0v) is 13.6. The molecule has 1 saturated carbocycles. The number of aromatic amines is 1. The topological polar surface area (TPSA) is 83.8 Å². The first-order chi connectivity index (χ1) is 11.7. The molecule has 2 aromatic rings. The summed E-state index contributed by atoms with van der Waals surface area (Å²) in [6.07, 6.45) is 7.38. The van der Waals surface area contributed by atoms with Crippen molar-refractivity contribution in [2.45, 2.75) is 38.1 Å². The molecule has 0 aliphatic heterocycles. The highest BCUT2D eigenvalue weighted by Crippen LogP contribution is 2.27. The summed E-state index contributed by atoms with van der Waals surface area (Å²) in [6, 6.07) is 5.96. The third-order valence-electron chi connectivity index (χ3n) is 4.81. The van der Waals surface area contributed by atoms with Crippen molar-refractivity contribution in [3.05, 3.63) is 41.8 Å². The number of rotatable bonds is 5. The second-order valence-corrected chi connectivity index (χ2v) is 6.38. The number of carbonyl (C=O) groups is 1. The number of H-pyrrole nitrogens is 1. The van der Waals surface area contributed by atoms with Crippen LogP contribution in [0.2, 0.25) is 0 Å². The lowest BCUT2D eigenvalue weighted by atomic mass is 9.84. The van der Waals surface area contributed by atoms with Gasteiger partial charge in [0.25, 0.3) is 5.91 Å². The number of nitrogens with two attached hydrogens (primary N) is 1. The van der Waals surface area contributed by atoms with Gasteiger partial charge in [-0.1, -0.05) is 19.3 Å². The minimum absolute atomic E-state index is 0.0197. The van der Waals surface area contributed by atoms with Crippen LogP contribution in [0, 0.1) is 11.7 Å². The van der Waals surface area contributed by atoms with Gasteiger partial charge in [-0.3, -0.25) is 9.89 Å². The van der Waals surface area contributed by atoms with E-state index in [1.807, 2.05) is 0 Å². The third-order valence-corrected chi connectivity index (χ3v) is 4.81. The molecular formula is C18H23FN4O. The number of nitrogens with one attached hydrogen (secondary N) is 2. The molecule has 1 aliphatic rings. The zero-order valence-electron chi connectivity index (χ0n) is 13.6. The summed E-state index contributed by atoms with van der Waals surface area (Å²) in [5.41, 5.74) is 7.66. The third kappa shape index (κ3) is 3.64. The van der Waals surface area contributed by atoms with E-state index in [-0.39, 0.29) is 17.8 Å². The van der Waals surface area contributed by atoms with Gasteiger partial charge in [0.15, 0.2) is 0 Å². The van der Waals surface area contributed by atoms with Gasteiger partial charge < -0.3 is 11.1 Å². The number of hydrogen-bond acceptors (Lipinski definition) is 3. The largest absolute Gasteiger partial charge is 0.348 e. The van der Waals surface area contributed by atoms with Gasteiger partial charge in [-0.15, -0.1) is 0 Å². The molecule has 1 heterocycles. The minimum atomic E-state index is -0.315. The van der Waals surface area contributed by atoms with Crippen molar-refractivity contribution in [3.63, 3.8) is 0 Å². The van der Waals surface area contributed by atoms with E-state index in [9.17, 15) is 9.18 Å². The second-order valence-electron chi connectivity index (χ2n) is 6.38. The van der Waals surface area contributed by atoms with Gasteiger partial charge in [-0.25, -0.2) is 4.39 Å². The molecule has 3 rings (SSSR count). The Hall–Kier alpha value is -2.21. The fourth-order valence-electron chi connectivity index (χ4n) is 3.45. The van der Waals surface area contributed by atoms with Crippen LogP contribution in [0.3, 0.4) is 0 Å². The summed E-state index contributed by atoms with van der Waals surface area (Å²) >= 11 is 0. The van der Waals surface area contributed by atoms with E-state index in [1.165, 1.54) is 37.6 Å². The zero-order chi connectivity index (χ0) is 16.9. The first-order valence-electron chi connectivity index (χ1n) is 8.49. The van der Waals surface area contributed by atoms with E-state index >= 15 is 0 Å². The number of nitrogens with zero attached hydrogens (tertiary/aromatic N) is 1. The van der Waals surface area contributed by atoms with Crippen LogP contribution in [-0.2, 0) is 0 Å². The Labute approximate surface area is 140 Å². The first-order valence-corrected chi connectivity index (χ1v) is 8.49. The van der Waals surface area contributed by atoms with Gasteiger partial charge in [0, 0.05) is 18.2 Å². The molecule has 1 unspecified atom stereocenters. The molecule has 1 aromatic heterocycles. The summed E-state index contributed by atoms with van der Waals surface area (Å²) in [5, 5.41) is 9.87. The fourth-order valence-corrected chi connectivity index (χ4v) is 3.45. The van der Waals surface area contributed by atoms with Gasteiger partial charge in [0.2, 0.25) is 0 Å². The van der Waals surface area contributed by atoms with Crippen LogP contribution in [0.15, 0.2) is 30.5 Å². The van der Waals surface area contributed by atoms with Crippen molar-refractivity contribution in [1.29, 1.82) is 0 Å². The van der Waals surface area contributed by atoms with Crippen molar-refractivity contribution < 1.29 is 9.18 Å². The molecule has 1 atom stereocenters. The summed E-state index contributed by atoms with van der Waals surface area (Å²) in [6.45, 7) is 0.431. The fraction of sp³-hybridized carbons (Fsp3) is 0.444. The van der Waals surface area contributed by atoms with Gasteiger partial charge in [-0.05, 0) is 43.0 Å². The molecule has 128 valence electrons. The highest BCUT2D eigenvalue weighted by Gasteiger charge is 2.25. The first kappa shape index (κ1) is 16.6. The summed E-state index contributed by atoms with van der Waals surface area (Å²) in [5.74, 6) is -0.0669. The maximum absolute atomic E-state index is 13.1. The minimum Gasteiger partial charge on any atom is -0.348 e. The number of benzene rings is 1. The quantitative estimate of drug-likeness (QED) is 0.788. The van der Waals surface area contributed by atoms with Gasteiger partial charge in [0.1, 0.15) is 5.82 Å². The monoisotopic (exact) mass is 330 g/mol. The lowest BCUT2D eigenvalue weighted by molar-refractivity contribution is 0.0916. The van der Waals surface area contributed by atoms with E-state index in [2.05, 4.69) is 15.5 Å². The van der Waals surface area contributed by atoms with Gasteiger partial charge >= 0.3 is 0 Å². The molecule has 4 N–H and O–H groups in total. The maximum atomic E-state index is 13.1. The Morgan fingerprint density at radius 2 is 2.00 bits per heavy atom. The molecular weight excluding hydrogens is 307 g/mol. The normalized spacial score (nSPS) is 16.8. The highest BCUT2D eigenvalue weighted by atomic mass is 19.1. The van der Waals surface area contributed by atoms with Crippen LogP contribution in [0.1, 0.15) is 42.5 Å². The average Bonchev–Trinajstić information content (AvgIpc) is 3.10. The number of carbonyl (C=O) groups excluding carboxylic acids is 1. The Balaban J connectivity index is 1.75. The molecule has 1 aliphatic carbocycles. The van der Waals surface area contributed by atoms with E-state index in [0.717, 1.165) is 18.4 Å². The van der Waals surface area contributed by atoms with Crippen molar-refractivity contribution >= 4 is 5.91 Å². The van der Waals surface area contributed by atoms with Crippen molar-refractivity contribution in [2.75, 3.05) is 6.54 Å². The Kier molecular flexibility index (Phi) is 5.25. The van der Waals surface area contributed by atoms with E-state index < -0.39 is 0 Å². The average molecular weight is 330 g/mol. The summed E-state index contributed by atoms with van der Waals surface area (Å²) in [4.78, 5) is 12.7. The number of aromatic nitrogens is 2. The summed E-state index contributed by atoms with van der Waals surface area (Å²) < 4.78 is 13.1. The standard InChI is InChI=1S/C18H23FN4O/c19-14-8-6-13(7-9-14)17-15(11-21-23-17)18(24)22-16(10-20)12-4-2-1-3-5-12/h6-9,11-12,16H,1-5,10,20H2,(H,21,23)(H,22,24). The predicted molar refractivity (Wildman–Crippen MR) is 90.9 cm³/mol. The molecule has 0 bridgehead atoms. The van der Waals surface area contributed by atoms with Crippen LogP contribution in [0.25, 0.3) is 11.3 Å². The Morgan fingerprint density at radius 3 is 2.67 bits per heavy atom. The van der Waals surface area contributed by atoms with Crippen LogP contribution in [0.4, 0.5) is 4.39 Å². The van der Waals surface area contributed by atoms with Crippen LogP contribution in [0.5, 0.6) is 0 Å². The van der Waals surface area contributed by atoms with Crippen molar-refractivity contribution in [1.82, 2.24) is 15.5 Å². The van der Waals surface area contributed by atoms with E-state index in [4.69, 9.17) is 5.73 Å². The molecule has 5 nitrogen and oxygen atoms in total. The van der Waals surface area contributed by atoms with Gasteiger partial charge in [-0.2, -0.15) is 5.10 Å².